The number of nitrogens with one attached hydrogen (secondary N) is 3. The van der Waals surface area contributed by atoms with Crippen LogP contribution in [-0.2, 0) is 0 Å². The molecule has 7 heteroatoms. The van der Waals surface area contributed by atoms with Crippen molar-refractivity contribution in [2.75, 3.05) is 6.61 Å². The molecular weight excluding hydrogens is 350 g/mol. The highest BCUT2D eigenvalue weighted by Gasteiger charge is 2.13. The molecule has 1 amide bonds. The molecule has 0 aliphatic rings. The number of carbonyl (C=O) groups excluding carboxylic acids is 1. The number of fused-ring (bicyclic) bond motifs is 1. The van der Waals surface area contributed by atoms with Gasteiger partial charge in [0.15, 0.2) is 4.77 Å². The SMILES string of the molecule is CCOc1ccc([C@H](C)NC(=O)c2ccc3c(=O)[nH]c(=S)[nH]c3c2)cc1. The molecule has 0 saturated carbocycles. The van der Waals surface area contributed by atoms with Crippen LogP contribution >= 0.6 is 12.2 Å². The number of rotatable bonds is 5. The lowest BCUT2D eigenvalue weighted by Gasteiger charge is -2.15. The molecule has 134 valence electrons. The molecule has 0 bridgehead atoms. The molecule has 26 heavy (non-hydrogen) atoms. The molecule has 6 nitrogen and oxygen atoms in total. The molecule has 0 aliphatic heterocycles. The van der Waals surface area contributed by atoms with E-state index in [1.807, 2.05) is 38.1 Å². The molecule has 0 aliphatic carbocycles. The van der Waals surface area contributed by atoms with Gasteiger partial charge in [0.05, 0.1) is 23.6 Å². The van der Waals surface area contributed by atoms with E-state index in [0.29, 0.717) is 23.1 Å². The smallest absolute Gasteiger partial charge is 0.259 e. The van der Waals surface area contributed by atoms with Crippen molar-refractivity contribution in [3.63, 3.8) is 0 Å². The summed E-state index contributed by atoms with van der Waals surface area (Å²) >= 11 is 4.98. The van der Waals surface area contributed by atoms with Gasteiger partial charge in [-0.1, -0.05) is 12.1 Å². The van der Waals surface area contributed by atoms with E-state index in [9.17, 15) is 9.59 Å². The van der Waals surface area contributed by atoms with Crippen LogP contribution in [0.15, 0.2) is 47.3 Å². The molecule has 1 heterocycles. The fourth-order valence-corrected chi connectivity index (χ4v) is 2.90. The maximum Gasteiger partial charge on any atom is 0.259 e. The van der Waals surface area contributed by atoms with Crippen LogP contribution < -0.4 is 15.6 Å². The van der Waals surface area contributed by atoms with E-state index < -0.39 is 0 Å². The monoisotopic (exact) mass is 369 g/mol. The minimum absolute atomic E-state index is 0.174. The Bertz CT molecular complexity index is 1050. The largest absolute Gasteiger partial charge is 0.494 e. The lowest BCUT2D eigenvalue weighted by Crippen LogP contribution is -2.26. The lowest BCUT2D eigenvalue weighted by atomic mass is 10.1. The Morgan fingerprint density at radius 3 is 2.62 bits per heavy atom. The van der Waals surface area contributed by atoms with Crippen molar-refractivity contribution < 1.29 is 9.53 Å². The number of benzene rings is 2. The predicted octanol–water partition coefficient (Wildman–Crippen LogP) is 3.48. The fourth-order valence-electron chi connectivity index (χ4n) is 2.69. The Kier molecular flexibility index (Phi) is 5.18. The number of ether oxygens (including phenoxy) is 1. The number of carbonyl (C=O) groups is 1. The predicted molar refractivity (Wildman–Crippen MR) is 103 cm³/mol. The maximum atomic E-state index is 12.5. The van der Waals surface area contributed by atoms with Crippen LogP contribution in [0.3, 0.4) is 0 Å². The molecule has 3 N–H and O–H groups in total. The van der Waals surface area contributed by atoms with Gasteiger partial charge in [-0.3, -0.25) is 14.6 Å². The zero-order valence-electron chi connectivity index (χ0n) is 14.5. The number of hydrogen-bond acceptors (Lipinski definition) is 4. The van der Waals surface area contributed by atoms with Crippen molar-refractivity contribution in [1.82, 2.24) is 15.3 Å². The highest BCUT2D eigenvalue weighted by atomic mass is 32.1. The third-order valence-corrected chi connectivity index (χ3v) is 4.24. The van der Waals surface area contributed by atoms with Crippen LogP contribution in [0.2, 0.25) is 0 Å². The summed E-state index contributed by atoms with van der Waals surface area (Å²) in [6.45, 7) is 4.45. The summed E-state index contributed by atoms with van der Waals surface area (Å²) in [7, 11) is 0. The normalized spacial score (nSPS) is 11.9. The van der Waals surface area contributed by atoms with Crippen molar-refractivity contribution in [3.05, 3.63) is 68.7 Å². The zero-order valence-corrected chi connectivity index (χ0v) is 15.3. The van der Waals surface area contributed by atoms with Gasteiger partial charge in [0, 0.05) is 5.56 Å². The Morgan fingerprint density at radius 2 is 1.92 bits per heavy atom. The molecule has 0 fully saturated rings. The van der Waals surface area contributed by atoms with Crippen LogP contribution in [0.4, 0.5) is 0 Å². The Morgan fingerprint density at radius 1 is 1.19 bits per heavy atom. The van der Waals surface area contributed by atoms with Gasteiger partial charge < -0.3 is 15.0 Å². The summed E-state index contributed by atoms with van der Waals surface area (Å²) in [5.74, 6) is 0.567. The van der Waals surface area contributed by atoms with Gasteiger partial charge in [-0.15, -0.1) is 0 Å². The molecule has 0 radical (unpaired) electrons. The standard InChI is InChI=1S/C19H19N3O3S/c1-3-25-14-7-4-12(5-8-14)11(2)20-17(23)13-6-9-15-16(10-13)21-19(26)22-18(15)24/h4-11H,3H2,1-2H3,(H,20,23)(H2,21,22,24,26)/t11-/m0/s1. The summed E-state index contributed by atoms with van der Waals surface area (Å²) in [6, 6.07) is 12.3. The Labute approximate surface area is 155 Å². The van der Waals surface area contributed by atoms with E-state index in [-0.39, 0.29) is 22.3 Å². The van der Waals surface area contributed by atoms with Crippen molar-refractivity contribution in [2.45, 2.75) is 19.9 Å². The second-order valence-electron chi connectivity index (χ2n) is 5.87. The number of aromatic amines is 2. The van der Waals surface area contributed by atoms with Crippen molar-refractivity contribution in [2.24, 2.45) is 0 Å². The van der Waals surface area contributed by atoms with Gasteiger partial charge in [0.1, 0.15) is 5.75 Å². The molecule has 3 rings (SSSR count). The van der Waals surface area contributed by atoms with Crippen LogP contribution in [0.25, 0.3) is 10.9 Å². The molecule has 0 spiro atoms. The van der Waals surface area contributed by atoms with Crippen LogP contribution in [0, 0.1) is 4.77 Å². The topological polar surface area (TPSA) is 87.0 Å². The summed E-state index contributed by atoms with van der Waals surface area (Å²) < 4.78 is 5.65. The van der Waals surface area contributed by atoms with Gasteiger partial charge in [0.25, 0.3) is 11.5 Å². The van der Waals surface area contributed by atoms with Crippen molar-refractivity contribution >= 4 is 29.0 Å². The average molecular weight is 369 g/mol. The van der Waals surface area contributed by atoms with Crippen LogP contribution in [-0.4, -0.2) is 22.5 Å². The molecule has 0 unspecified atom stereocenters. The Hall–Kier alpha value is -2.93. The highest BCUT2D eigenvalue weighted by molar-refractivity contribution is 7.71. The average Bonchev–Trinajstić information content (AvgIpc) is 2.61. The van der Waals surface area contributed by atoms with Gasteiger partial charge in [0.2, 0.25) is 0 Å². The van der Waals surface area contributed by atoms with Crippen LogP contribution in [0.5, 0.6) is 5.75 Å². The van der Waals surface area contributed by atoms with Gasteiger partial charge in [-0.2, -0.15) is 0 Å². The van der Waals surface area contributed by atoms with Crippen molar-refractivity contribution in [1.29, 1.82) is 0 Å². The maximum absolute atomic E-state index is 12.5. The molecule has 1 aromatic heterocycles. The fraction of sp³-hybridized carbons (Fsp3) is 0.211. The van der Waals surface area contributed by atoms with Crippen LogP contribution in [0.1, 0.15) is 35.8 Å². The summed E-state index contributed by atoms with van der Waals surface area (Å²) in [5.41, 5.74) is 1.67. The molecule has 1 atom stereocenters. The van der Waals surface area contributed by atoms with E-state index in [1.54, 1.807) is 18.2 Å². The van der Waals surface area contributed by atoms with Gasteiger partial charge in [-0.25, -0.2) is 0 Å². The third kappa shape index (κ3) is 3.83. The van der Waals surface area contributed by atoms with E-state index >= 15 is 0 Å². The molecule has 0 saturated heterocycles. The summed E-state index contributed by atoms with van der Waals surface area (Å²) in [6.07, 6.45) is 0. The second-order valence-corrected chi connectivity index (χ2v) is 6.27. The number of aromatic nitrogens is 2. The number of amides is 1. The highest BCUT2D eigenvalue weighted by Crippen LogP contribution is 2.18. The minimum atomic E-state index is -0.279. The van der Waals surface area contributed by atoms with Gasteiger partial charge in [-0.05, 0) is 62.0 Å². The first kappa shape index (κ1) is 17.9. The Balaban J connectivity index is 1.79. The van der Waals surface area contributed by atoms with E-state index in [1.165, 1.54) is 0 Å². The lowest BCUT2D eigenvalue weighted by molar-refractivity contribution is 0.0940. The van der Waals surface area contributed by atoms with E-state index in [4.69, 9.17) is 17.0 Å². The first-order valence-electron chi connectivity index (χ1n) is 8.28. The number of H-pyrrole nitrogens is 2. The third-order valence-electron chi connectivity index (χ3n) is 4.04. The summed E-state index contributed by atoms with van der Waals surface area (Å²) in [4.78, 5) is 29.8. The summed E-state index contributed by atoms with van der Waals surface area (Å²) in [5, 5.41) is 3.41. The first-order chi connectivity index (χ1) is 12.5. The van der Waals surface area contributed by atoms with Gasteiger partial charge >= 0.3 is 0 Å². The quantitative estimate of drug-likeness (QED) is 0.601. The number of hydrogen-bond donors (Lipinski definition) is 3. The first-order valence-corrected chi connectivity index (χ1v) is 8.68. The molecular formula is C19H19N3O3S. The van der Waals surface area contributed by atoms with Crippen molar-refractivity contribution in [3.8, 4) is 5.75 Å². The molecule has 2 aromatic carbocycles. The minimum Gasteiger partial charge on any atom is -0.494 e. The van der Waals surface area contributed by atoms with E-state index in [0.717, 1.165) is 11.3 Å². The molecule has 3 aromatic rings. The second kappa shape index (κ2) is 7.53. The van der Waals surface area contributed by atoms with E-state index in [2.05, 4.69) is 15.3 Å². The zero-order chi connectivity index (χ0) is 18.7.